The SMILES string of the molecule is CSC(=N/N=C(\C)c1ccc(O)cc1O)N/N=C(\C)c1ccc(O)cc1O. The summed E-state index contributed by atoms with van der Waals surface area (Å²) in [7, 11) is 0. The van der Waals surface area contributed by atoms with Gasteiger partial charge in [-0.25, -0.2) is 0 Å². The Kier molecular flexibility index (Phi) is 6.67. The van der Waals surface area contributed by atoms with Gasteiger partial charge in [0.25, 0.3) is 0 Å². The number of hydrogen-bond acceptors (Lipinski definition) is 8. The van der Waals surface area contributed by atoms with Gasteiger partial charge < -0.3 is 20.4 Å². The maximum Gasteiger partial charge on any atom is 0.203 e. The van der Waals surface area contributed by atoms with Gasteiger partial charge >= 0.3 is 0 Å². The van der Waals surface area contributed by atoms with Crippen molar-refractivity contribution < 1.29 is 20.4 Å². The molecule has 0 aliphatic carbocycles. The molecule has 0 radical (unpaired) electrons. The highest BCUT2D eigenvalue weighted by atomic mass is 32.2. The van der Waals surface area contributed by atoms with Crippen LogP contribution in [0.5, 0.6) is 23.0 Å². The molecule has 8 nitrogen and oxygen atoms in total. The summed E-state index contributed by atoms with van der Waals surface area (Å²) >= 11 is 1.28. The second-order valence-electron chi connectivity index (χ2n) is 5.51. The summed E-state index contributed by atoms with van der Waals surface area (Å²) in [5, 5.41) is 51.1. The third kappa shape index (κ3) is 5.38. The molecule has 0 aliphatic rings. The smallest absolute Gasteiger partial charge is 0.203 e. The number of phenols is 4. The van der Waals surface area contributed by atoms with E-state index in [2.05, 4.69) is 20.7 Å². The number of rotatable bonds is 4. The number of amidine groups is 1. The molecule has 142 valence electrons. The van der Waals surface area contributed by atoms with E-state index in [1.165, 1.54) is 36.0 Å². The number of thioether (sulfide) groups is 1. The van der Waals surface area contributed by atoms with Gasteiger partial charge in [0.05, 0.1) is 11.4 Å². The molecule has 2 rings (SSSR count). The van der Waals surface area contributed by atoms with Crippen LogP contribution >= 0.6 is 11.8 Å². The maximum atomic E-state index is 9.86. The molecule has 0 fully saturated rings. The fourth-order valence-corrected chi connectivity index (χ4v) is 2.39. The Bertz CT molecular complexity index is 926. The molecule has 0 aliphatic heterocycles. The zero-order chi connectivity index (χ0) is 20.0. The quantitative estimate of drug-likeness (QED) is 0.311. The summed E-state index contributed by atoms with van der Waals surface area (Å²) in [5.74, 6) is -0.258. The molecule has 2 aromatic carbocycles. The van der Waals surface area contributed by atoms with Crippen molar-refractivity contribution in [2.75, 3.05) is 6.26 Å². The van der Waals surface area contributed by atoms with Crippen LogP contribution in [0.3, 0.4) is 0 Å². The van der Waals surface area contributed by atoms with Gasteiger partial charge in [-0.2, -0.15) is 10.2 Å². The molecule has 0 unspecified atom stereocenters. The molecule has 0 bridgehead atoms. The maximum absolute atomic E-state index is 9.86. The standard InChI is InChI=1S/C18H20N4O4S/c1-10(14-6-4-12(23)8-16(14)25)19-21-18(27-3)22-20-11(2)15-7-5-13(24)9-17(15)26/h4-9,23-26H,1-3H3,(H,21,22)/b19-10+,20-11+. The molecule has 0 atom stereocenters. The van der Waals surface area contributed by atoms with Crippen LogP contribution in [0.15, 0.2) is 51.7 Å². The van der Waals surface area contributed by atoms with Crippen LogP contribution in [0.2, 0.25) is 0 Å². The molecule has 0 aromatic heterocycles. The van der Waals surface area contributed by atoms with E-state index in [9.17, 15) is 20.4 Å². The molecule has 0 spiro atoms. The fraction of sp³-hybridized carbons (Fsp3) is 0.167. The van der Waals surface area contributed by atoms with Crippen LogP contribution in [0.25, 0.3) is 0 Å². The van der Waals surface area contributed by atoms with E-state index < -0.39 is 0 Å². The lowest BCUT2D eigenvalue weighted by atomic mass is 10.1. The lowest BCUT2D eigenvalue weighted by molar-refractivity contribution is 0.448. The van der Waals surface area contributed by atoms with E-state index in [0.717, 1.165) is 0 Å². The van der Waals surface area contributed by atoms with Crippen LogP contribution in [0, 0.1) is 0 Å². The first-order valence-corrected chi connectivity index (χ1v) is 9.05. The van der Waals surface area contributed by atoms with Gasteiger partial charge in [-0.3, -0.25) is 5.43 Å². The van der Waals surface area contributed by atoms with Crippen molar-refractivity contribution in [3.8, 4) is 23.0 Å². The largest absolute Gasteiger partial charge is 0.508 e. The van der Waals surface area contributed by atoms with Gasteiger partial charge in [0.15, 0.2) is 0 Å². The van der Waals surface area contributed by atoms with Crippen LogP contribution in [-0.4, -0.2) is 43.3 Å². The number of nitrogens with zero attached hydrogens (tertiary/aromatic N) is 3. The Morgan fingerprint density at radius 3 is 1.81 bits per heavy atom. The summed E-state index contributed by atoms with van der Waals surface area (Å²) in [6.45, 7) is 3.37. The summed E-state index contributed by atoms with van der Waals surface area (Å²) in [4.78, 5) is 0. The predicted molar refractivity (Wildman–Crippen MR) is 108 cm³/mol. The van der Waals surface area contributed by atoms with E-state index in [0.29, 0.717) is 27.7 Å². The van der Waals surface area contributed by atoms with Crippen molar-refractivity contribution in [1.82, 2.24) is 5.43 Å². The molecule has 5 N–H and O–H groups in total. The first kappa shape index (κ1) is 20.1. The lowest BCUT2D eigenvalue weighted by Crippen LogP contribution is -2.15. The highest BCUT2D eigenvalue weighted by Crippen LogP contribution is 2.24. The highest BCUT2D eigenvalue weighted by Gasteiger charge is 2.07. The molecule has 0 amide bonds. The molecule has 2 aromatic rings. The Morgan fingerprint density at radius 1 is 0.815 bits per heavy atom. The molecule has 0 saturated heterocycles. The Hall–Kier alpha value is -3.20. The topological polar surface area (TPSA) is 130 Å². The van der Waals surface area contributed by atoms with Crippen LogP contribution in [0.1, 0.15) is 25.0 Å². The van der Waals surface area contributed by atoms with Crippen LogP contribution in [-0.2, 0) is 0 Å². The van der Waals surface area contributed by atoms with Gasteiger partial charge in [0.2, 0.25) is 5.17 Å². The van der Waals surface area contributed by atoms with Crippen molar-refractivity contribution in [2.24, 2.45) is 15.3 Å². The van der Waals surface area contributed by atoms with E-state index in [1.807, 2.05) is 0 Å². The number of hydrazone groups is 1. The monoisotopic (exact) mass is 388 g/mol. The second-order valence-corrected chi connectivity index (χ2v) is 6.30. The van der Waals surface area contributed by atoms with E-state index in [-0.39, 0.29) is 23.0 Å². The van der Waals surface area contributed by atoms with Gasteiger partial charge in [-0.05, 0) is 44.4 Å². The minimum absolute atomic E-state index is 0.0364. The van der Waals surface area contributed by atoms with Crippen LogP contribution < -0.4 is 5.43 Å². The van der Waals surface area contributed by atoms with Crippen molar-refractivity contribution >= 4 is 28.4 Å². The van der Waals surface area contributed by atoms with Gasteiger partial charge in [0, 0.05) is 23.3 Å². The Labute approximate surface area is 160 Å². The third-order valence-corrected chi connectivity index (χ3v) is 4.11. The van der Waals surface area contributed by atoms with Crippen molar-refractivity contribution in [3.05, 3.63) is 47.5 Å². The Balaban J connectivity index is 2.18. The zero-order valence-corrected chi connectivity index (χ0v) is 15.8. The molecule has 9 heteroatoms. The molecule has 0 saturated carbocycles. The summed E-state index contributed by atoms with van der Waals surface area (Å²) < 4.78 is 0. The molecule has 0 heterocycles. The van der Waals surface area contributed by atoms with E-state index in [4.69, 9.17) is 0 Å². The average Bonchev–Trinajstić information content (AvgIpc) is 2.61. The first-order valence-electron chi connectivity index (χ1n) is 7.83. The minimum atomic E-state index is -0.0956. The van der Waals surface area contributed by atoms with Crippen LogP contribution in [0.4, 0.5) is 0 Å². The van der Waals surface area contributed by atoms with Gasteiger partial charge in [0.1, 0.15) is 23.0 Å². The first-order chi connectivity index (χ1) is 12.8. The normalized spacial score (nSPS) is 12.9. The van der Waals surface area contributed by atoms with Gasteiger partial charge in [-0.15, -0.1) is 5.10 Å². The molecular weight excluding hydrogens is 368 g/mol. The van der Waals surface area contributed by atoms with Crippen molar-refractivity contribution in [2.45, 2.75) is 13.8 Å². The summed E-state index contributed by atoms with van der Waals surface area (Å²) in [6, 6.07) is 8.45. The van der Waals surface area contributed by atoms with Crippen molar-refractivity contribution in [1.29, 1.82) is 0 Å². The highest BCUT2D eigenvalue weighted by molar-refractivity contribution is 8.13. The van der Waals surface area contributed by atoms with Gasteiger partial charge in [-0.1, -0.05) is 11.8 Å². The zero-order valence-electron chi connectivity index (χ0n) is 15.0. The average molecular weight is 388 g/mol. The van der Waals surface area contributed by atoms with E-state index >= 15 is 0 Å². The number of hydrogen-bond donors (Lipinski definition) is 5. The number of benzene rings is 2. The minimum Gasteiger partial charge on any atom is -0.508 e. The molecular formula is C18H20N4O4S. The predicted octanol–water partition coefficient (Wildman–Crippen LogP) is 2.97. The molecule has 27 heavy (non-hydrogen) atoms. The number of phenolic OH excluding ortho intramolecular Hbond substituents is 4. The Morgan fingerprint density at radius 2 is 1.33 bits per heavy atom. The van der Waals surface area contributed by atoms with E-state index in [1.54, 1.807) is 32.2 Å². The summed E-state index contributed by atoms with van der Waals surface area (Å²) in [5.41, 5.74) is 4.62. The summed E-state index contributed by atoms with van der Waals surface area (Å²) in [6.07, 6.45) is 1.79. The second kappa shape index (κ2) is 8.95. The van der Waals surface area contributed by atoms with Crippen molar-refractivity contribution in [3.63, 3.8) is 0 Å². The third-order valence-electron chi connectivity index (χ3n) is 3.55. The lowest BCUT2D eigenvalue weighted by Gasteiger charge is -2.06. The number of nitrogens with one attached hydrogen (secondary N) is 1. The number of aromatic hydroxyl groups is 4. The fourth-order valence-electron chi connectivity index (χ4n) is 2.13.